The van der Waals surface area contributed by atoms with E-state index in [0.29, 0.717) is 5.69 Å². The highest BCUT2D eigenvalue weighted by Crippen LogP contribution is 2.21. The summed E-state index contributed by atoms with van der Waals surface area (Å²) < 4.78 is 45.6. The molecule has 0 radical (unpaired) electrons. The van der Waals surface area contributed by atoms with Gasteiger partial charge in [-0.05, 0) is 30.5 Å². The molecule has 0 saturated carbocycles. The van der Waals surface area contributed by atoms with Crippen LogP contribution in [-0.2, 0) is 16.0 Å². The largest absolute Gasteiger partial charge is 0.468 e. The number of ether oxygens (including phenoxy) is 2. The third kappa shape index (κ3) is 6.26. The molecule has 0 unspecified atom stereocenters. The summed E-state index contributed by atoms with van der Waals surface area (Å²) in [5.41, 5.74) is 2.51. The number of aromatic nitrogens is 1. The van der Waals surface area contributed by atoms with Crippen molar-refractivity contribution >= 4 is 17.6 Å². The number of carbonyl (C=O) groups excluding carboxylic acids is 2. The minimum atomic E-state index is -4.48. The van der Waals surface area contributed by atoms with Gasteiger partial charge in [0.05, 0.1) is 5.56 Å². The monoisotopic (exact) mass is 396 g/mol. The molecule has 0 spiro atoms. The van der Waals surface area contributed by atoms with E-state index in [-0.39, 0.29) is 11.4 Å². The van der Waals surface area contributed by atoms with Crippen LogP contribution in [0.3, 0.4) is 0 Å². The Hall–Kier alpha value is -3.10. The molecule has 1 aromatic carbocycles. The van der Waals surface area contributed by atoms with Crippen LogP contribution in [0.2, 0.25) is 0 Å². The molecule has 1 aromatic heterocycles. The first-order chi connectivity index (χ1) is 13.2. The van der Waals surface area contributed by atoms with E-state index in [2.05, 4.69) is 15.0 Å². The highest BCUT2D eigenvalue weighted by molar-refractivity contribution is 5.96. The lowest BCUT2D eigenvalue weighted by molar-refractivity contribution is -0.154. The topological polar surface area (TPSA) is 77.5 Å². The van der Waals surface area contributed by atoms with Gasteiger partial charge in [0.25, 0.3) is 5.91 Å². The van der Waals surface area contributed by atoms with Gasteiger partial charge in [-0.15, -0.1) is 0 Å². The molecule has 6 nitrogen and oxygen atoms in total. The number of anilines is 1. The Balaban J connectivity index is 1.89. The quantitative estimate of drug-likeness (QED) is 0.723. The maximum absolute atomic E-state index is 12.1. The fourth-order valence-corrected chi connectivity index (χ4v) is 2.33. The van der Waals surface area contributed by atoms with E-state index in [0.717, 1.165) is 29.8 Å². The molecule has 0 aliphatic rings. The summed E-state index contributed by atoms with van der Waals surface area (Å²) in [7, 11) is 0. The van der Waals surface area contributed by atoms with Crippen LogP contribution in [0.25, 0.3) is 0 Å². The number of nitrogens with one attached hydrogen (secondary N) is 1. The van der Waals surface area contributed by atoms with E-state index < -0.39 is 31.3 Å². The van der Waals surface area contributed by atoms with Crippen LogP contribution in [0.1, 0.15) is 28.4 Å². The average Bonchev–Trinajstić information content (AvgIpc) is 2.66. The lowest BCUT2D eigenvalue weighted by Gasteiger charge is -2.13. The van der Waals surface area contributed by atoms with Crippen molar-refractivity contribution in [1.82, 2.24) is 4.98 Å². The van der Waals surface area contributed by atoms with Gasteiger partial charge in [-0.25, -0.2) is 9.78 Å². The van der Waals surface area contributed by atoms with Gasteiger partial charge in [-0.2, -0.15) is 13.2 Å². The molecule has 0 aliphatic carbocycles. The Bertz CT molecular complexity index is 836. The molecule has 0 aliphatic heterocycles. The smallest absolute Gasteiger partial charge is 0.422 e. The summed E-state index contributed by atoms with van der Waals surface area (Å²) in [6, 6.07) is 7.95. The number of esters is 1. The van der Waals surface area contributed by atoms with E-state index in [1.807, 2.05) is 32.0 Å². The second kappa shape index (κ2) is 9.20. The minimum Gasteiger partial charge on any atom is -0.468 e. The van der Waals surface area contributed by atoms with Crippen LogP contribution in [0.5, 0.6) is 5.88 Å². The lowest BCUT2D eigenvalue weighted by atomic mass is 10.1. The number of benzene rings is 1. The molecule has 2 rings (SSSR count). The normalized spacial score (nSPS) is 11.0. The summed E-state index contributed by atoms with van der Waals surface area (Å²) in [6.07, 6.45) is -2.74. The van der Waals surface area contributed by atoms with Crippen molar-refractivity contribution in [3.8, 4) is 5.88 Å². The van der Waals surface area contributed by atoms with Crippen LogP contribution < -0.4 is 10.1 Å². The van der Waals surface area contributed by atoms with Gasteiger partial charge in [-0.1, -0.05) is 25.1 Å². The molecule has 150 valence electrons. The van der Waals surface area contributed by atoms with Gasteiger partial charge >= 0.3 is 12.1 Å². The van der Waals surface area contributed by atoms with Gasteiger partial charge < -0.3 is 14.8 Å². The molecule has 1 heterocycles. The molecule has 0 bridgehead atoms. The zero-order valence-electron chi connectivity index (χ0n) is 15.3. The highest BCUT2D eigenvalue weighted by Gasteiger charge is 2.28. The van der Waals surface area contributed by atoms with Gasteiger partial charge in [-0.3, -0.25) is 4.79 Å². The first-order valence-electron chi connectivity index (χ1n) is 8.40. The minimum absolute atomic E-state index is 0.0164. The zero-order valence-corrected chi connectivity index (χ0v) is 15.3. The molecule has 1 amide bonds. The predicted molar refractivity (Wildman–Crippen MR) is 95.3 cm³/mol. The Morgan fingerprint density at radius 1 is 1.18 bits per heavy atom. The lowest BCUT2D eigenvalue weighted by Crippen LogP contribution is -2.22. The van der Waals surface area contributed by atoms with E-state index in [1.165, 1.54) is 6.07 Å². The van der Waals surface area contributed by atoms with Crippen molar-refractivity contribution < 1.29 is 32.2 Å². The standard InChI is InChI=1S/C19H19F3N2O4/c1-3-13-6-4-5-12(2)17(13)24-15(25)10-27-18(26)14-7-8-16(23-9-14)28-11-19(20,21)22/h4-9H,3,10-11H2,1-2H3,(H,24,25). The van der Waals surface area contributed by atoms with Gasteiger partial charge in [0.15, 0.2) is 13.2 Å². The molecular weight excluding hydrogens is 377 g/mol. The summed E-state index contributed by atoms with van der Waals surface area (Å²) >= 11 is 0. The third-order valence-electron chi connectivity index (χ3n) is 3.69. The maximum Gasteiger partial charge on any atom is 0.422 e. The second-order valence-electron chi connectivity index (χ2n) is 5.88. The third-order valence-corrected chi connectivity index (χ3v) is 3.69. The van der Waals surface area contributed by atoms with E-state index >= 15 is 0 Å². The Kier molecular flexibility index (Phi) is 6.97. The van der Waals surface area contributed by atoms with Crippen LogP contribution in [0.15, 0.2) is 36.5 Å². The molecule has 0 fully saturated rings. The second-order valence-corrected chi connectivity index (χ2v) is 5.88. The summed E-state index contributed by atoms with van der Waals surface area (Å²) in [5.74, 6) is -1.61. The fourth-order valence-electron chi connectivity index (χ4n) is 2.33. The highest BCUT2D eigenvalue weighted by atomic mass is 19.4. The van der Waals surface area contributed by atoms with Gasteiger partial charge in [0.2, 0.25) is 5.88 Å². The van der Waals surface area contributed by atoms with Crippen molar-refractivity contribution in [3.63, 3.8) is 0 Å². The number of aryl methyl sites for hydroxylation is 2. The maximum atomic E-state index is 12.1. The van der Waals surface area contributed by atoms with Crippen LogP contribution in [0, 0.1) is 6.92 Å². The summed E-state index contributed by atoms with van der Waals surface area (Å²) in [4.78, 5) is 27.6. The van der Waals surface area contributed by atoms with Crippen molar-refractivity contribution in [2.24, 2.45) is 0 Å². The van der Waals surface area contributed by atoms with Crippen LogP contribution >= 0.6 is 0 Å². The number of amides is 1. The predicted octanol–water partition coefficient (Wildman–Crippen LogP) is 3.69. The van der Waals surface area contributed by atoms with E-state index in [9.17, 15) is 22.8 Å². The number of hydrogen-bond donors (Lipinski definition) is 1. The number of rotatable bonds is 7. The summed E-state index contributed by atoms with van der Waals surface area (Å²) in [6.45, 7) is 1.82. The number of alkyl halides is 3. The Morgan fingerprint density at radius 3 is 2.54 bits per heavy atom. The van der Waals surface area contributed by atoms with E-state index in [1.54, 1.807) is 0 Å². The summed E-state index contributed by atoms with van der Waals surface area (Å²) in [5, 5.41) is 2.72. The van der Waals surface area contributed by atoms with Crippen LogP contribution in [-0.4, -0.2) is 36.3 Å². The number of para-hydroxylation sites is 1. The Labute approximate surface area is 159 Å². The number of carbonyl (C=O) groups is 2. The average molecular weight is 396 g/mol. The van der Waals surface area contributed by atoms with E-state index in [4.69, 9.17) is 4.74 Å². The molecule has 9 heteroatoms. The van der Waals surface area contributed by atoms with Crippen molar-refractivity contribution in [2.75, 3.05) is 18.5 Å². The Morgan fingerprint density at radius 2 is 1.93 bits per heavy atom. The SMILES string of the molecule is CCc1cccc(C)c1NC(=O)COC(=O)c1ccc(OCC(F)(F)F)nc1. The molecule has 28 heavy (non-hydrogen) atoms. The van der Waals surface area contributed by atoms with Gasteiger partial charge in [0, 0.05) is 18.0 Å². The van der Waals surface area contributed by atoms with Crippen molar-refractivity contribution in [1.29, 1.82) is 0 Å². The van der Waals surface area contributed by atoms with Crippen molar-refractivity contribution in [2.45, 2.75) is 26.4 Å². The zero-order chi connectivity index (χ0) is 20.7. The molecule has 0 saturated heterocycles. The first kappa shape index (κ1) is 21.2. The van der Waals surface area contributed by atoms with Crippen LogP contribution in [0.4, 0.5) is 18.9 Å². The van der Waals surface area contributed by atoms with Crippen molar-refractivity contribution in [3.05, 3.63) is 53.2 Å². The number of hydrogen-bond acceptors (Lipinski definition) is 5. The molecule has 2 aromatic rings. The number of pyridine rings is 1. The number of nitrogens with zero attached hydrogens (tertiary/aromatic N) is 1. The fraction of sp³-hybridized carbons (Fsp3) is 0.316. The molecular formula is C19H19F3N2O4. The van der Waals surface area contributed by atoms with Gasteiger partial charge in [0.1, 0.15) is 0 Å². The number of halogens is 3. The molecule has 0 atom stereocenters. The first-order valence-corrected chi connectivity index (χ1v) is 8.40. The molecule has 1 N–H and O–H groups in total.